The highest BCUT2D eigenvalue weighted by molar-refractivity contribution is 5.95. The van der Waals surface area contributed by atoms with Gasteiger partial charge in [0.05, 0.1) is 12.2 Å². The van der Waals surface area contributed by atoms with Crippen LogP contribution in [-0.4, -0.2) is 41.5 Å². The third kappa shape index (κ3) is 4.04. The van der Waals surface area contributed by atoms with Crippen LogP contribution < -0.4 is 5.32 Å². The number of carbonyl (C=O) groups is 2. The minimum atomic E-state index is -0.610. The van der Waals surface area contributed by atoms with E-state index in [0.717, 1.165) is 6.42 Å². The van der Waals surface area contributed by atoms with Crippen molar-refractivity contribution in [1.82, 2.24) is 4.90 Å². The van der Waals surface area contributed by atoms with Crippen molar-refractivity contribution >= 4 is 17.5 Å². The maximum atomic E-state index is 13.8. The maximum Gasteiger partial charge on any atom is 0.244 e. The summed E-state index contributed by atoms with van der Waals surface area (Å²) in [6.07, 6.45) is 1.21. The van der Waals surface area contributed by atoms with Crippen LogP contribution in [0.5, 0.6) is 0 Å². The van der Waals surface area contributed by atoms with Crippen LogP contribution in [0, 0.1) is 17.7 Å². The van der Waals surface area contributed by atoms with E-state index in [1.807, 2.05) is 0 Å². The van der Waals surface area contributed by atoms with Gasteiger partial charge < -0.3 is 15.3 Å². The second kappa shape index (κ2) is 6.86. The Bertz CT molecular complexity index is 619. The molecule has 0 saturated carbocycles. The molecule has 1 aliphatic rings. The van der Waals surface area contributed by atoms with Crippen molar-refractivity contribution in [3.63, 3.8) is 0 Å². The van der Waals surface area contributed by atoms with Crippen LogP contribution in [0.15, 0.2) is 18.2 Å². The van der Waals surface area contributed by atoms with E-state index in [1.54, 1.807) is 6.07 Å². The van der Waals surface area contributed by atoms with E-state index in [-0.39, 0.29) is 24.7 Å². The summed E-state index contributed by atoms with van der Waals surface area (Å²) < 4.78 is 13.8. The lowest BCUT2D eigenvalue weighted by molar-refractivity contribution is -0.131. The minimum Gasteiger partial charge on any atom is -0.384 e. The van der Waals surface area contributed by atoms with Crippen molar-refractivity contribution in [2.24, 2.45) is 0 Å². The van der Waals surface area contributed by atoms with E-state index in [0.29, 0.717) is 18.5 Å². The van der Waals surface area contributed by atoms with Gasteiger partial charge in [0.1, 0.15) is 12.4 Å². The molecule has 2 N–H and O–H groups in total. The summed E-state index contributed by atoms with van der Waals surface area (Å²) in [5, 5.41) is 11.0. The van der Waals surface area contributed by atoms with Crippen molar-refractivity contribution in [3.8, 4) is 11.8 Å². The van der Waals surface area contributed by atoms with Gasteiger partial charge in [-0.05, 0) is 24.6 Å². The van der Waals surface area contributed by atoms with Crippen LogP contribution in [0.1, 0.15) is 18.4 Å². The number of anilines is 1. The number of benzene rings is 1. The number of likely N-dealkylation sites (tertiary alicyclic amines) is 1. The first-order valence-corrected chi connectivity index (χ1v) is 6.57. The third-order valence-electron chi connectivity index (χ3n) is 3.06. The molecule has 5 nitrogen and oxygen atoms in total. The van der Waals surface area contributed by atoms with Gasteiger partial charge in [0, 0.05) is 18.5 Å². The van der Waals surface area contributed by atoms with Crippen molar-refractivity contribution in [3.05, 3.63) is 29.6 Å². The maximum absolute atomic E-state index is 13.8. The zero-order chi connectivity index (χ0) is 15.2. The zero-order valence-corrected chi connectivity index (χ0v) is 11.4. The van der Waals surface area contributed by atoms with Crippen molar-refractivity contribution in [2.45, 2.75) is 12.8 Å². The van der Waals surface area contributed by atoms with E-state index >= 15 is 0 Å². The predicted molar refractivity (Wildman–Crippen MR) is 74.8 cm³/mol. The van der Waals surface area contributed by atoms with Crippen LogP contribution in [0.4, 0.5) is 10.1 Å². The van der Waals surface area contributed by atoms with Crippen LogP contribution >= 0.6 is 0 Å². The molecule has 0 radical (unpaired) electrons. The minimum absolute atomic E-state index is 0.0428. The fourth-order valence-electron chi connectivity index (χ4n) is 2.07. The monoisotopic (exact) mass is 290 g/mol. The topological polar surface area (TPSA) is 69.6 Å². The van der Waals surface area contributed by atoms with Crippen molar-refractivity contribution < 1.29 is 19.1 Å². The highest BCUT2D eigenvalue weighted by atomic mass is 19.1. The highest BCUT2D eigenvalue weighted by Crippen LogP contribution is 2.16. The number of hydrogen-bond acceptors (Lipinski definition) is 3. The molecule has 2 amide bonds. The Balaban J connectivity index is 1.99. The average molecular weight is 290 g/mol. The van der Waals surface area contributed by atoms with E-state index in [2.05, 4.69) is 17.2 Å². The summed E-state index contributed by atoms with van der Waals surface area (Å²) in [5.74, 6) is 3.89. The molecular weight excluding hydrogens is 275 g/mol. The molecule has 0 bridgehead atoms. The van der Waals surface area contributed by atoms with E-state index in [9.17, 15) is 14.0 Å². The molecule has 1 fully saturated rings. The number of amides is 2. The lowest BCUT2D eigenvalue weighted by Crippen LogP contribution is -2.34. The Hall–Kier alpha value is -2.39. The molecule has 0 spiro atoms. The van der Waals surface area contributed by atoms with E-state index < -0.39 is 11.7 Å². The van der Waals surface area contributed by atoms with Crippen LogP contribution in [0.2, 0.25) is 0 Å². The zero-order valence-electron chi connectivity index (χ0n) is 11.4. The largest absolute Gasteiger partial charge is 0.384 e. The first-order valence-electron chi connectivity index (χ1n) is 6.57. The first kappa shape index (κ1) is 15.0. The molecule has 1 aromatic carbocycles. The SMILES string of the molecule is O=C(CN1CCCC1=O)Nc1ccc(C#CCO)cc1F. The van der Waals surface area contributed by atoms with Gasteiger partial charge in [0.2, 0.25) is 11.8 Å². The predicted octanol–water partition coefficient (Wildman–Crippen LogP) is 0.730. The number of hydrogen-bond donors (Lipinski definition) is 2. The van der Waals surface area contributed by atoms with Gasteiger partial charge in [-0.2, -0.15) is 0 Å². The molecule has 0 aliphatic carbocycles. The summed E-state index contributed by atoms with van der Waals surface area (Å²) in [5.41, 5.74) is 0.454. The Morgan fingerprint density at radius 3 is 2.90 bits per heavy atom. The summed E-state index contributed by atoms with van der Waals surface area (Å²) in [4.78, 5) is 24.7. The average Bonchev–Trinajstić information content (AvgIpc) is 2.84. The summed E-state index contributed by atoms with van der Waals surface area (Å²) >= 11 is 0. The van der Waals surface area contributed by atoms with Gasteiger partial charge in [-0.3, -0.25) is 9.59 Å². The molecule has 1 aliphatic heterocycles. The lowest BCUT2D eigenvalue weighted by Gasteiger charge is -2.15. The smallest absolute Gasteiger partial charge is 0.244 e. The van der Waals surface area contributed by atoms with Gasteiger partial charge in [-0.15, -0.1) is 0 Å². The quantitative estimate of drug-likeness (QED) is 0.806. The van der Waals surface area contributed by atoms with Crippen LogP contribution in [0.3, 0.4) is 0 Å². The Kier molecular flexibility index (Phi) is 4.90. The molecule has 110 valence electrons. The molecule has 1 aromatic rings. The van der Waals surface area contributed by atoms with E-state index in [1.165, 1.54) is 17.0 Å². The number of carbonyl (C=O) groups excluding carboxylic acids is 2. The normalized spacial score (nSPS) is 13.8. The Morgan fingerprint density at radius 1 is 1.48 bits per heavy atom. The van der Waals surface area contributed by atoms with Gasteiger partial charge in [-0.25, -0.2) is 4.39 Å². The molecule has 6 heteroatoms. The summed E-state index contributed by atoms with van der Waals surface area (Å²) in [7, 11) is 0. The molecular formula is C15H15FN2O3. The summed E-state index contributed by atoms with van der Waals surface area (Å²) in [6, 6.07) is 4.13. The molecule has 0 unspecified atom stereocenters. The van der Waals surface area contributed by atoms with Crippen LogP contribution in [0.25, 0.3) is 0 Å². The number of aliphatic hydroxyl groups excluding tert-OH is 1. The molecule has 1 saturated heterocycles. The number of aliphatic hydroxyl groups is 1. The molecule has 0 aromatic heterocycles. The van der Waals surface area contributed by atoms with Gasteiger partial charge >= 0.3 is 0 Å². The third-order valence-corrected chi connectivity index (χ3v) is 3.06. The first-order chi connectivity index (χ1) is 10.1. The fraction of sp³-hybridized carbons (Fsp3) is 0.333. The molecule has 0 atom stereocenters. The molecule has 2 rings (SSSR count). The standard InChI is InChI=1S/C15H15FN2O3/c16-12-9-11(3-2-8-19)5-6-13(12)17-14(20)10-18-7-1-4-15(18)21/h5-6,9,19H,1,4,7-8,10H2,(H,17,20). The van der Waals surface area contributed by atoms with Gasteiger partial charge in [-0.1, -0.05) is 11.8 Å². The number of rotatable bonds is 3. The fourth-order valence-corrected chi connectivity index (χ4v) is 2.07. The number of nitrogens with zero attached hydrogens (tertiary/aromatic N) is 1. The van der Waals surface area contributed by atoms with Gasteiger partial charge in [0.25, 0.3) is 0 Å². The van der Waals surface area contributed by atoms with Gasteiger partial charge in [0.15, 0.2) is 0 Å². The highest BCUT2D eigenvalue weighted by Gasteiger charge is 2.22. The molecule has 1 heterocycles. The lowest BCUT2D eigenvalue weighted by atomic mass is 10.2. The summed E-state index contributed by atoms with van der Waals surface area (Å²) in [6.45, 7) is 0.193. The van der Waals surface area contributed by atoms with Crippen molar-refractivity contribution in [1.29, 1.82) is 0 Å². The van der Waals surface area contributed by atoms with Crippen molar-refractivity contribution in [2.75, 3.05) is 25.0 Å². The number of halogens is 1. The Morgan fingerprint density at radius 2 is 2.29 bits per heavy atom. The van der Waals surface area contributed by atoms with Crippen LogP contribution in [-0.2, 0) is 9.59 Å². The molecule has 21 heavy (non-hydrogen) atoms. The second-order valence-electron chi connectivity index (χ2n) is 4.62. The van der Waals surface area contributed by atoms with E-state index in [4.69, 9.17) is 5.11 Å². The second-order valence-corrected chi connectivity index (χ2v) is 4.62. The Labute approximate surface area is 121 Å². The number of nitrogens with one attached hydrogen (secondary N) is 1.